The van der Waals surface area contributed by atoms with Crippen LogP contribution < -0.4 is 5.32 Å². The number of carbonyl (C=O) groups excluding carboxylic acids is 2. The van der Waals surface area contributed by atoms with Gasteiger partial charge in [-0.15, -0.1) is 0 Å². The third-order valence-corrected chi connectivity index (χ3v) is 9.01. The molecule has 1 saturated heterocycles. The quantitative estimate of drug-likeness (QED) is 0.312. The lowest BCUT2D eigenvalue weighted by Crippen LogP contribution is -2.38. The lowest BCUT2D eigenvalue weighted by molar-refractivity contribution is -0.115. The molecule has 1 N–H and O–H groups in total. The Morgan fingerprint density at radius 3 is 2.38 bits per heavy atom. The summed E-state index contributed by atoms with van der Waals surface area (Å²) < 4.78 is 24.8. The fourth-order valence-electron chi connectivity index (χ4n) is 4.85. The molecule has 0 atom stereocenters. The van der Waals surface area contributed by atoms with E-state index < -0.39 is 9.84 Å². The number of piperidine rings is 1. The van der Waals surface area contributed by atoms with Gasteiger partial charge in [0, 0.05) is 41.8 Å². The normalized spacial score (nSPS) is 14.3. The molecule has 0 bridgehead atoms. The third kappa shape index (κ3) is 6.46. The molecule has 200 valence electrons. The minimum Gasteiger partial charge on any atom is -0.339 e. The third-order valence-electron chi connectivity index (χ3n) is 7.04. The highest BCUT2D eigenvalue weighted by Gasteiger charge is 2.25. The number of nitrogens with zero attached hydrogens (tertiary/aromatic N) is 2. The summed E-state index contributed by atoms with van der Waals surface area (Å²) in [5.74, 6) is -0.320. The molecule has 1 aliphatic rings. The lowest BCUT2D eigenvalue weighted by atomic mass is 9.89. The van der Waals surface area contributed by atoms with E-state index in [0.29, 0.717) is 35.3 Å². The van der Waals surface area contributed by atoms with Crippen molar-refractivity contribution in [2.75, 3.05) is 24.2 Å². The first-order chi connectivity index (χ1) is 18.8. The Morgan fingerprint density at radius 2 is 1.67 bits per heavy atom. The van der Waals surface area contributed by atoms with E-state index in [-0.39, 0.29) is 28.9 Å². The first-order valence-corrected chi connectivity index (χ1v) is 14.8. The summed E-state index contributed by atoms with van der Waals surface area (Å²) in [6, 6.07) is 23.0. The van der Waals surface area contributed by atoms with Crippen molar-refractivity contribution in [3.8, 4) is 0 Å². The smallest absolute Gasteiger partial charge is 0.255 e. The number of hydrogen-bond donors (Lipinski definition) is 1. The molecule has 2 amide bonds. The van der Waals surface area contributed by atoms with Gasteiger partial charge in [-0.05, 0) is 72.9 Å². The molecule has 0 aliphatic carbocycles. The van der Waals surface area contributed by atoms with Crippen molar-refractivity contribution in [1.29, 1.82) is 0 Å². The van der Waals surface area contributed by atoms with Gasteiger partial charge in [0.2, 0.25) is 5.91 Å². The van der Waals surface area contributed by atoms with Gasteiger partial charge in [0.05, 0.1) is 21.7 Å². The summed E-state index contributed by atoms with van der Waals surface area (Å²) in [7, 11) is -3.51. The van der Waals surface area contributed by atoms with Crippen molar-refractivity contribution < 1.29 is 18.0 Å². The number of sulfone groups is 1. The van der Waals surface area contributed by atoms with Crippen LogP contribution in [0.3, 0.4) is 0 Å². The number of hydrogen-bond acceptors (Lipinski definition) is 5. The molecule has 1 aromatic heterocycles. The van der Waals surface area contributed by atoms with E-state index >= 15 is 0 Å². The Kier molecular flexibility index (Phi) is 7.95. The topological polar surface area (TPSA) is 96.4 Å². The van der Waals surface area contributed by atoms with E-state index in [9.17, 15) is 18.0 Å². The number of amides is 2. The van der Waals surface area contributed by atoms with Gasteiger partial charge in [0.15, 0.2) is 9.84 Å². The number of rotatable bonds is 7. The lowest BCUT2D eigenvalue weighted by Gasteiger charge is -2.32. The van der Waals surface area contributed by atoms with Gasteiger partial charge in [0.25, 0.3) is 5.91 Å². The first-order valence-electron chi connectivity index (χ1n) is 12.8. The first kappa shape index (κ1) is 26.8. The molecule has 5 rings (SSSR count). The molecular weight excluding hydrogens is 534 g/mol. The second kappa shape index (κ2) is 11.6. The van der Waals surface area contributed by atoms with Crippen LogP contribution in [0.2, 0.25) is 5.02 Å². The number of aromatic nitrogens is 1. The highest BCUT2D eigenvalue weighted by Crippen LogP contribution is 2.30. The maximum atomic E-state index is 13.1. The molecule has 7 nitrogen and oxygen atoms in total. The van der Waals surface area contributed by atoms with Crippen molar-refractivity contribution in [3.05, 3.63) is 101 Å². The van der Waals surface area contributed by atoms with Crippen molar-refractivity contribution in [2.45, 2.75) is 30.1 Å². The van der Waals surface area contributed by atoms with Crippen LogP contribution in [0.5, 0.6) is 0 Å². The summed E-state index contributed by atoms with van der Waals surface area (Å²) in [4.78, 5) is 31.9. The molecule has 4 aromatic rings. The molecule has 0 spiro atoms. The van der Waals surface area contributed by atoms with Crippen LogP contribution in [0.1, 0.15) is 41.1 Å². The second-order valence-electron chi connectivity index (χ2n) is 9.68. The Labute approximate surface area is 232 Å². The minimum absolute atomic E-state index is 0.0323. The summed E-state index contributed by atoms with van der Waals surface area (Å²) in [6.07, 6.45) is 3.17. The van der Waals surface area contributed by atoms with Crippen LogP contribution in [0.25, 0.3) is 10.9 Å². The monoisotopic (exact) mass is 561 g/mol. The van der Waals surface area contributed by atoms with Crippen molar-refractivity contribution in [3.63, 3.8) is 0 Å². The number of fused-ring (bicyclic) bond motifs is 1. The van der Waals surface area contributed by atoms with Crippen LogP contribution in [-0.2, 0) is 14.6 Å². The van der Waals surface area contributed by atoms with Crippen molar-refractivity contribution >= 4 is 49.8 Å². The zero-order valence-electron chi connectivity index (χ0n) is 21.2. The molecule has 0 saturated carbocycles. The number of nitrogens with one attached hydrogen (secondary N) is 1. The van der Waals surface area contributed by atoms with Crippen molar-refractivity contribution in [1.82, 2.24) is 9.88 Å². The van der Waals surface area contributed by atoms with Gasteiger partial charge < -0.3 is 10.2 Å². The van der Waals surface area contributed by atoms with Gasteiger partial charge in [-0.25, -0.2) is 8.42 Å². The van der Waals surface area contributed by atoms with E-state index in [0.717, 1.165) is 29.3 Å². The number of halogens is 1. The summed E-state index contributed by atoms with van der Waals surface area (Å²) in [6.45, 7) is 1.29. The van der Waals surface area contributed by atoms with Gasteiger partial charge in [-0.2, -0.15) is 0 Å². The van der Waals surface area contributed by atoms with E-state index in [1.54, 1.807) is 30.5 Å². The van der Waals surface area contributed by atoms with Crippen LogP contribution in [0.15, 0.2) is 90.0 Å². The maximum Gasteiger partial charge on any atom is 0.255 e. The molecule has 0 unspecified atom stereocenters. The highest BCUT2D eigenvalue weighted by molar-refractivity contribution is 7.91. The Morgan fingerprint density at radius 1 is 0.949 bits per heavy atom. The molecule has 2 heterocycles. The standard InChI is InChI=1S/C30H28ClN3O4S/c31-25-8-11-28-23(19-25)18-24(20-32-28)30(36)34-15-12-22(13-16-34)21-6-9-26(10-7-21)33-29(35)14-17-39(37,38)27-4-2-1-3-5-27/h1-11,18-20,22H,12-17H2,(H,33,35). The number of carbonyl (C=O) groups is 2. The molecule has 39 heavy (non-hydrogen) atoms. The van der Waals surface area contributed by atoms with E-state index in [2.05, 4.69) is 10.3 Å². The minimum atomic E-state index is -3.51. The average molecular weight is 562 g/mol. The van der Waals surface area contributed by atoms with Crippen molar-refractivity contribution in [2.24, 2.45) is 0 Å². The van der Waals surface area contributed by atoms with E-state index in [4.69, 9.17) is 11.6 Å². The largest absolute Gasteiger partial charge is 0.339 e. The predicted octanol–water partition coefficient (Wildman–Crippen LogP) is 5.71. The van der Waals surface area contributed by atoms with Gasteiger partial charge >= 0.3 is 0 Å². The molecule has 9 heteroatoms. The number of likely N-dealkylation sites (tertiary alicyclic amines) is 1. The van der Waals surface area contributed by atoms with Gasteiger partial charge in [-0.3, -0.25) is 14.6 Å². The molecule has 1 fully saturated rings. The van der Waals surface area contributed by atoms with Gasteiger partial charge in [0.1, 0.15) is 0 Å². The Bertz CT molecular complexity index is 1600. The highest BCUT2D eigenvalue weighted by atomic mass is 35.5. The summed E-state index contributed by atoms with van der Waals surface area (Å²) >= 11 is 6.09. The zero-order chi connectivity index (χ0) is 27.4. The predicted molar refractivity (Wildman–Crippen MR) is 153 cm³/mol. The Balaban J connectivity index is 1.13. The number of anilines is 1. The second-order valence-corrected chi connectivity index (χ2v) is 12.2. The zero-order valence-corrected chi connectivity index (χ0v) is 22.8. The van der Waals surface area contributed by atoms with Crippen LogP contribution in [0, 0.1) is 0 Å². The summed E-state index contributed by atoms with van der Waals surface area (Å²) in [5.41, 5.74) is 3.12. The van der Waals surface area contributed by atoms with Crippen LogP contribution in [-0.4, -0.2) is 49.0 Å². The summed E-state index contributed by atoms with van der Waals surface area (Å²) in [5, 5.41) is 4.23. The Hall–Kier alpha value is -3.75. The van der Waals surface area contributed by atoms with Gasteiger partial charge in [-0.1, -0.05) is 41.9 Å². The number of pyridine rings is 1. The van der Waals surface area contributed by atoms with Crippen LogP contribution >= 0.6 is 11.6 Å². The fourth-order valence-corrected chi connectivity index (χ4v) is 6.29. The molecule has 0 radical (unpaired) electrons. The maximum absolute atomic E-state index is 13.1. The molecule has 3 aromatic carbocycles. The van der Waals surface area contributed by atoms with E-state index in [1.165, 1.54) is 12.1 Å². The number of benzene rings is 3. The van der Waals surface area contributed by atoms with Crippen LogP contribution in [0.4, 0.5) is 5.69 Å². The molecule has 1 aliphatic heterocycles. The average Bonchev–Trinajstić information content (AvgIpc) is 2.96. The fraction of sp³-hybridized carbons (Fsp3) is 0.233. The van der Waals surface area contributed by atoms with E-state index in [1.807, 2.05) is 47.4 Å². The molecular formula is C30H28ClN3O4S. The SMILES string of the molecule is O=C(CCS(=O)(=O)c1ccccc1)Nc1ccc(C2CCN(C(=O)c3cnc4ccc(Cl)cc4c3)CC2)cc1.